The SMILES string of the molecule is CCOc1cc(/C=C(/C#N)c2cccc3ccccc23)cc(I)c1OCc1ccc(Cl)cc1Cl. The first kappa shape index (κ1) is 24.4. The smallest absolute Gasteiger partial charge is 0.175 e. The van der Waals surface area contributed by atoms with Crippen molar-refractivity contribution in [2.24, 2.45) is 0 Å². The summed E-state index contributed by atoms with van der Waals surface area (Å²) in [7, 11) is 0. The van der Waals surface area contributed by atoms with Gasteiger partial charge in [-0.3, -0.25) is 0 Å². The Morgan fingerprint density at radius 3 is 2.56 bits per heavy atom. The number of benzene rings is 4. The van der Waals surface area contributed by atoms with E-state index in [-0.39, 0.29) is 6.61 Å². The average Bonchev–Trinajstić information content (AvgIpc) is 2.83. The molecule has 0 bridgehead atoms. The maximum absolute atomic E-state index is 9.95. The molecule has 0 radical (unpaired) electrons. The fourth-order valence-corrected chi connectivity index (χ4v) is 4.90. The second-order valence-corrected chi connectivity index (χ2v) is 9.49. The molecule has 0 amide bonds. The third kappa shape index (κ3) is 5.50. The van der Waals surface area contributed by atoms with Crippen LogP contribution in [0.25, 0.3) is 22.4 Å². The molecule has 0 saturated carbocycles. The number of halogens is 3. The van der Waals surface area contributed by atoms with Gasteiger partial charge in [0.15, 0.2) is 11.5 Å². The minimum absolute atomic E-state index is 0.278. The van der Waals surface area contributed by atoms with E-state index in [0.717, 1.165) is 31.0 Å². The average molecular weight is 600 g/mol. The minimum atomic E-state index is 0.278. The van der Waals surface area contributed by atoms with E-state index in [4.69, 9.17) is 32.7 Å². The molecule has 0 atom stereocenters. The maximum atomic E-state index is 9.95. The highest BCUT2D eigenvalue weighted by molar-refractivity contribution is 14.1. The van der Waals surface area contributed by atoms with Crippen molar-refractivity contribution in [2.45, 2.75) is 13.5 Å². The maximum Gasteiger partial charge on any atom is 0.175 e. The monoisotopic (exact) mass is 599 g/mol. The van der Waals surface area contributed by atoms with Crippen LogP contribution < -0.4 is 9.47 Å². The van der Waals surface area contributed by atoms with E-state index in [0.29, 0.717) is 33.7 Å². The lowest BCUT2D eigenvalue weighted by molar-refractivity contribution is 0.267. The Morgan fingerprint density at radius 2 is 1.79 bits per heavy atom. The van der Waals surface area contributed by atoms with Gasteiger partial charge in [0.2, 0.25) is 0 Å². The zero-order valence-corrected chi connectivity index (χ0v) is 22.0. The van der Waals surface area contributed by atoms with E-state index in [1.54, 1.807) is 12.1 Å². The molecule has 0 aromatic heterocycles. The van der Waals surface area contributed by atoms with Crippen molar-refractivity contribution in [1.82, 2.24) is 0 Å². The number of hydrogen-bond acceptors (Lipinski definition) is 3. The molecule has 170 valence electrons. The van der Waals surface area contributed by atoms with Gasteiger partial charge in [0.05, 0.1) is 21.8 Å². The van der Waals surface area contributed by atoms with E-state index in [1.807, 2.05) is 73.7 Å². The number of allylic oxidation sites excluding steroid dienone is 1. The van der Waals surface area contributed by atoms with Crippen LogP contribution in [0.4, 0.5) is 0 Å². The molecule has 4 aromatic rings. The summed E-state index contributed by atoms with van der Waals surface area (Å²) in [6.45, 7) is 2.68. The van der Waals surface area contributed by atoms with Gasteiger partial charge in [-0.1, -0.05) is 71.7 Å². The van der Waals surface area contributed by atoms with Gasteiger partial charge in [-0.15, -0.1) is 0 Å². The van der Waals surface area contributed by atoms with E-state index >= 15 is 0 Å². The van der Waals surface area contributed by atoms with Crippen LogP contribution in [-0.4, -0.2) is 6.61 Å². The summed E-state index contributed by atoms with van der Waals surface area (Å²) in [6, 6.07) is 25.6. The number of nitriles is 1. The van der Waals surface area contributed by atoms with Crippen molar-refractivity contribution < 1.29 is 9.47 Å². The first-order valence-electron chi connectivity index (χ1n) is 10.6. The molecule has 0 fully saturated rings. The zero-order chi connectivity index (χ0) is 24.1. The zero-order valence-electron chi connectivity index (χ0n) is 18.3. The van der Waals surface area contributed by atoms with Crippen LogP contribution in [0, 0.1) is 14.9 Å². The first-order valence-corrected chi connectivity index (χ1v) is 12.5. The Hall–Kier alpha value is -2.72. The number of rotatable bonds is 7. The van der Waals surface area contributed by atoms with Crippen LogP contribution in [0.3, 0.4) is 0 Å². The Balaban J connectivity index is 1.70. The molecule has 4 rings (SSSR count). The topological polar surface area (TPSA) is 42.2 Å². The normalized spacial score (nSPS) is 11.3. The molecule has 3 nitrogen and oxygen atoms in total. The highest BCUT2D eigenvalue weighted by Crippen LogP contribution is 2.37. The predicted molar refractivity (Wildman–Crippen MR) is 149 cm³/mol. The third-order valence-electron chi connectivity index (χ3n) is 5.23. The minimum Gasteiger partial charge on any atom is -0.490 e. The van der Waals surface area contributed by atoms with Gasteiger partial charge in [-0.05, 0) is 76.2 Å². The fourth-order valence-electron chi connectivity index (χ4n) is 3.66. The summed E-state index contributed by atoms with van der Waals surface area (Å²) in [5.41, 5.74) is 3.16. The Kier molecular flexibility index (Phi) is 7.99. The highest BCUT2D eigenvalue weighted by Gasteiger charge is 2.14. The highest BCUT2D eigenvalue weighted by atomic mass is 127. The predicted octanol–water partition coefficient (Wildman–Crippen LogP) is 8.79. The summed E-state index contributed by atoms with van der Waals surface area (Å²) in [5, 5.41) is 13.2. The van der Waals surface area contributed by atoms with E-state index in [2.05, 4.69) is 28.7 Å². The summed E-state index contributed by atoms with van der Waals surface area (Å²) >= 11 is 14.5. The summed E-state index contributed by atoms with van der Waals surface area (Å²) in [5.74, 6) is 1.25. The van der Waals surface area contributed by atoms with Crippen molar-refractivity contribution >= 4 is 68.2 Å². The van der Waals surface area contributed by atoms with E-state index < -0.39 is 0 Å². The van der Waals surface area contributed by atoms with Crippen molar-refractivity contribution in [2.75, 3.05) is 6.61 Å². The van der Waals surface area contributed by atoms with Gasteiger partial charge < -0.3 is 9.47 Å². The van der Waals surface area contributed by atoms with Gasteiger partial charge >= 0.3 is 0 Å². The van der Waals surface area contributed by atoms with Gasteiger partial charge in [-0.25, -0.2) is 0 Å². The van der Waals surface area contributed by atoms with Crippen LogP contribution in [0.1, 0.15) is 23.6 Å². The van der Waals surface area contributed by atoms with Gasteiger partial charge in [0.25, 0.3) is 0 Å². The quantitative estimate of drug-likeness (QED) is 0.121. The number of nitrogens with zero attached hydrogens (tertiary/aromatic N) is 1. The fraction of sp³-hybridized carbons (Fsp3) is 0.107. The summed E-state index contributed by atoms with van der Waals surface area (Å²) in [4.78, 5) is 0. The molecule has 0 N–H and O–H groups in total. The summed E-state index contributed by atoms with van der Waals surface area (Å²) in [6.07, 6.45) is 1.88. The molecule has 4 aromatic carbocycles. The molecule has 0 aliphatic heterocycles. The second-order valence-electron chi connectivity index (χ2n) is 7.48. The van der Waals surface area contributed by atoms with Crippen molar-refractivity contribution in [3.8, 4) is 17.6 Å². The molecule has 0 aliphatic rings. The molecule has 0 saturated heterocycles. The van der Waals surface area contributed by atoms with Crippen LogP contribution in [-0.2, 0) is 6.61 Å². The molecule has 34 heavy (non-hydrogen) atoms. The lowest BCUT2D eigenvalue weighted by atomic mass is 9.97. The standard InChI is InChI=1S/C28H20Cl2INO2/c1-2-33-27-14-18(12-21(16-32)24-9-5-7-19-6-3-4-8-23(19)24)13-26(31)28(27)34-17-20-10-11-22(29)15-25(20)30/h3-15H,2,17H2,1H3/b21-12-. The van der Waals surface area contributed by atoms with Gasteiger partial charge in [-0.2, -0.15) is 5.26 Å². The molecule has 0 aliphatic carbocycles. The van der Waals surface area contributed by atoms with Crippen LogP contribution >= 0.6 is 45.8 Å². The van der Waals surface area contributed by atoms with E-state index in [1.165, 1.54) is 0 Å². The number of hydrogen-bond donors (Lipinski definition) is 0. The van der Waals surface area contributed by atoms with Crippen LogP contribution in [0.2, 0.25) is 10.0 Å². The molecule has 0 heterocycles. The molecule has 0 unspecified atom stereocenters. The van der Waals surface area contributed by atoms with Crippen LogP contribution in [0.5, 0.6) is 11.5 Å². The Morgan fingerprint density at radius 1 is 1.00 bits per heavy atom. The second kappa shape index (κ2) is 11.1. The van der Waals surface area contributed by atoms with Gasteiger partial charge in [0.1, 0.15) is 6.61 Å². The third-order valence-corrected chi connectivity index (χ3v) is 6.62. The number of ether oxygens (including phenoxy) is 2. The lowest BCUT2D eigenvalue weighted by Crippen LogP contribution is -2.02. The van der Waals surface area contributed by atoms with Crippen LogP contribution in [0.15, 0.2) is 72.8 Å². The van der Waals surface area contributed by atoms with Gasteiger partial charge in [0, 0.05) is 21.2 Å². The van der Waals surface area contributed by atoms with E-state index in [9.17, 15) is 5.26 Å². The van der Waals surface area contributed by atoms with Crippen molar-refractivity contribution in [1.29, 1.82) is 5.26 Å². The Bertz CT molecular complexity index is 1420. The van der Waals surface area contributed by atoms with Crippen molar-refractivity contribution in [3.05, 3.63) is 103 Å². The van der Waals surface area contributed by atoms with Crippen molar-refractivity contribution in [3.63, 3.8) is 0 Å². The Labute approximate surface area is 222 Å². The molecule has 0 spiro atoms. The molecular weight excluding hydrogens is 580 g/mol. The number of fused-ring (bicyclic) bond motifs is 1. The lowest BCUT2D eigenvalue weighted by Gasteiger charge is -2.15. The first-order chi connectivity index (χ1) is 16.5. The largest absolute Gasteiger partial charge is 0.490 e. The summed E-state index contributed by atoms with van der Waals surface area (Å²) < 4.78 is 12.9. The molecule has 6 heteroatoms. The molecular formula is C28H20Cl2INO2.